The number of hydrogen-bond donors (Lipinski definition) is 3. The van der Waals surface area contributed by atoms with Crippen molar-refractivity contribution in [1.82, 2.24) is 15.6 Å². The van der Waals surface area contributed by atoms with Gasteiger partial charge < -0.3 is 10.4 Å². The molecule has 0 saturated heterocycles. The summed E-state index contributed by atoms with van der Waals surface area (Å²) in [7, 11) is 0. The first-order chi connectivity index (χ1) is 11.6. The van der Waals surface area contributed by atoms with Gasteiger partial charge in [0.05, 0.1) is 23.7 Å². The van der Waals surface area contributed by atoms with Crippen LogP contribution in [0.3, 0.4) is 0 Å². The molecule has 0 fully saturated rings. The smallest absolute Gasteiger partial charge is 0.262 e. The summed E-state index contributed by atoms with van der Waals surface area (Å²) in [6, 6.07) is 6.97. The number of carbonyl (C=O) groups is 1. The lowest BCUT2D eigenvalue weighted by atomic mass is 9.96. The number of aromatic nitrogens is 1. The van der Waals surface area contributed by atoms with Crippen molar-refractivity contribution in [2.24, 2.45) is 4.99 Å². The van der Waals surface area contributed by atoms with Crippen molar-refractivity contribution >= 4 is 11.9 Å². The number of hydrogen-bond acceptors (Lipinski definition) is 6. The minimum atomic E-state index is -0.710. The van der Waals surface area contributed by atoms with E-state index in [-0.39, 0.29) is 34.1 Å². The quantitative estimate of drug-likeness (QED) is 0.767. The van der Waals surface area contributed by atoms with Crippen molar-refractivity contribution in [3.05, 3.63) is 47.4 Å². The first kappa shape index (κ1) is 15.4. The van der Waals surface area contributed by atoms with Gasteiger partial charge in [0.1, 0.15) is 17.3 Å². The molecule has 0 atom stereocenters. The summed E-state index contributed by atoms with van der Waals surface area (Å²) in [6.45, 7) is 1.10. The Morgan fingerprint density at radius 3 is 2.92 bits per heavy atom. The third-order valence-electron chi connectivity index (χ3n) is 3.43. The number of halogens is 1. The van der Waals surface area contributed by atoms with Gasteiger partial charge in [0.15, 0.2) is 5.96 Å². The Kier molecular flexibility index (Phi) is 4.07. The predicted molar refractivity (Wildman–Crippen MR) is 83.8 cm³/mol. The van der Waals surface area contributed by atoms with E-state index in [9.17, 15) is 19.6 Å². The standard InChI is InChI=1S/C16H12FN5O2/c17-10-2-1-5-19-14(10)12-9(8-18)3-4-11(23)13(12)15(24)22-16-20-6-7-21-16/h1-5,23H,6-7H2,(H2,20,21,22,24). The minimum absolute atomic E-state index is 0.0249. The highest BCUT2D eigenvalue weighted by molar-refractivity contribution is 6.11. The molecule has 3 rings (SSSR count). The highest BCUT2D eigenvalue weighted by Gasteiger charge is 2.25. The Morgan fingerprint density at radius 1 is 1.42 bits per heavy atom. The van der Waals surface area contributed by atoms with Crippen molar-refractivity contribution in [3.8, 4) is 23.1 Å². The molecule has 0 bridgehead atoms. The molecule has 120 valence electrons. The molecule has 2 aromatic rings. The van der Waals surface area contributed by atoms with E-state index in [1.165, 1.54) is 24.4 Å². The van der Waals surface area contributed by atoms with Gasteiger partial charge in [0, 0.05) is 18.3 Å². The maximum Gasteiger partial charge on any atom is 0.262 e. The average Bonchev–Trinajstić information content (AvgIpc) is 3.08. The molecule has 1 aromatic carbocycles. The number of aliphatic imine (C=N–C) groups is 1. The third kappa shape index (κ3) is 2.75. The molecule has 3 N–H and O–H groups in total. The fourth-order valence-electron chi connectivity index (χ4n) is 2.38. The van der Waals surface area contributed by atoms with Crippen molar-refractivity contribution in [2.75, 3.05) is 13.1 Å². The van der Waals surface area contributed by atoms with Crippen molar-refractivity contribution in [2.45, 2.75) is 0 Å². The van der Waals surface area contributed by atoms with Gasteiger partial charge in [0.25, 0.3) is 5.91 Å². The van der Waals surface area contributed by atoms with E-state index in [1.54, 1.807) is 0 Å². The molecule has 1 aliphatic heterocycles. The van der Waals surface area contributed by atoms with Gasteiger partial charge in [-0.25, -0.2) is 4.39 Å². The number of amides is 1. The summed E-state index contributed by atoms with van der Waals surface area (Å²) in [5.74, 6) is -1.54. The largest absolute Gasteiger partial charge is 0.507 e. The van der Waals surface area contributed by atoms with E-state index < -0.39 is 11.7 Å². The number of benzene rings is 1. The van der Waals surface area contributed by atoms with Crippen molar-refractivity contribution < 1.29 is 14.3 Å². The molecule has 24 heavy (non-hydrogen) atoms. The maximum atomic E-state index is 14.2. The molecule has 0 aliphatic carbocycles. The number of nitriles is 1. The van der Waals surface area contributed by atoms with E-state index in [4.69, 9.17) is 0 Å². The molecule has 0 unspecified atom stereocenters. The Morgan fingerprint density at radius 2 is 2.25 bits per heavy atom. The van der Waals surface area contributed by atoms with Crippen LogP contribution in [0.4, 0.5) is 4.39 Å². The summed E-state index contributed by atoms with van der Waals surface area (Å²) in [4.78, 5) is 20.5. The number of carbonyl (C=O) groups excluding carboxylic acids is 1. The molecule has 0 spiro atoms. The molecule has 1 aliphatic rings. The van der Waals surface area contributed by atoms with Crippen LogP contribution in [0, 0.1) is 17.1 Å². The van der Waals surface area contributed by atoms with E-state index in [0.717, 1.165) is 6.07 Å². The summed E-state index contributed by atoms with van der Waals surface area (Å²) in [5, 5.41) is 24.8. The molecular weight excluding hydrogens is 313 g/mol. The van der Waals surface area contributed by atoms with Crippen LogP contribution in [0.1, 0.15) is 15.9 Å². The monoisotopic (exact) mass is 325 g/mol. The number of nitrogens with zero attached hydrogens (tertiary/aromatic N) is 3. The lowest BCUT2D eigenvalue weighted by molar-refractivity contribution is 0.0974. The first-order valence-electron chi connectivity index (χ1n) is 7.08. The van der Waals surface area contributed by atoms with Crippen LogP contribution in [0.15, 0.2) is 35.5 Å². The fourth-order valence-corrected chi connectivity index (χ4v) is 2.38. The minimum Gasteiger partial charge on any atom is -0.507 e. The van der Waals surface area contributed by atoms with E-state index >= 15 is 0 Å². The van der Waals surface area contributed by atoms with Crippen LogP contribution in [-0.4, -0.2) is 35.0 Å². The molecular formula is C16H12FN5O2. The zero-order chi connectivity index (χ0) is 17.1. The van der Waals surface area contributed by atoms with Gasteiger partial charge in [-0.15, -0.1) is 0 Å². The van der Waals surface area contributed by atoms with Crippen LogP contribution < -0.4 is 10.6 Å². The van der Waals surface area contributed by atoms with Crippen LogP contribution in [-0.2, 0) is 0 Å². The molecule has 1 amide bonds. The number of nitrogens with one attached hydrogen (secondary N) is 2. The van der Waals surface area contributed by atoms with Crippen LogP contribution in [0.25, 0.3) is 11.3 Å². The van der Waals surface area contributed by atoms with E-state index in [2.05, 4.69) is 20.6 Å². The number of rotatable bonds is 2. The van der Waals surface area contributed by atoms with Crippen LogP contribution in [0.2, 0.25) is 0 Å². The number of phenols is 1. The zero-order valence-electron chi connectivity index (χ0n) is 12.4. The van der Waals surface area contributed by atoms with Crippen molar-refractivity contribution in [3.63, 3.8) is 0 Å². The van der Waals surface area contributed by atoms with Gasteiger partial charge >= 0.3 is 0 Å². The summed E-state index contributed by atoms with van der Waals surface area (Å²) >= 11 is 0. The van der Waals surface area contributed by atoms with E-state index in [1.807, 2.05) is 6.07 Å². The third-order valence-corrected chi connectivity index (χ3v) is 3.43. The van der Waals surface area contributed by atoms with Gasteiger partial charge in [-0.1, -0.05) is 0 Å². The second kappa shape index (κ2) is 6.34. The average molecular weight is 325 g/mol. The maximum absolute atomic E-state index is 14.2. The molecule has 8 heteroatoms. The summed E-state index contributed by atoms with van der Waals surface area (Å²) < 4.78 is 14.2. The molecule has 0 saturated carbocycles. The van der Waals surface area contributed by atoms with Crippen LogP contribution >= 0.6 is 0 Å². The Hall–Kier alpha value is -3.47. The van der Waals surface area contributed by atoms with Gasteiger partial charge in [-0.3, -0.25) is 20.1 Å². The topological polar surface area (TPSA) is 110 Å². The van der Waals surface area contributed by atoms with Crippen molar-refractivity contribution in [1.29, 1.82) is 5.26 Å². The highest BCUT2D eigenvalue weighted by atomic mass is 19.1. The SMILES string of the molecule is N#Cc1ccc(O)c(C(=O)NC2=NCCN2)c1-c1ncccc1F. The highest BCUT2D eigenvalue weighted by Crippen LogP contribution is 2.33. The number of pyridine rings is 1. The number of phenolic OH excluding ortho intramolecular Hbond substituents is 1. The second-order valence-corrected chi connectivity index (χ2v) is 4.94. The Bertz CT molecular complexity index is 889. The number of guanidine groups is 1. The summed E-state index contributed by atoms with van der Waals surface area (Å²) in [6.07, 6.45) is 1.34. The Labute approximate surface area is 136 Å². The molecule has 0 radical (unpaired) electrons. The second-order valence-electron chi connectivity index (χ2n) is 4.94. The Balaban J connectivity index is 2.16. The normalized spacial score (nSPS) is 12.9. The first-order valence-corrected chi connectivity index (χ1v) is 7.08. The van der Waals surface area contributed by atoms with Crippen LogP contribution in [0.5, 0.6) is 5.75 Å². The lowest BCUT2D eigenvalue weighted by Crippen LogP contribution is -2.38. The molecule has 7 nitrogen and oxygen atoms in total. The molecule has 2 heterocycles. The van der Waals surface area contributed by atoms with Gasteiger partial charge in [0.2, 0.25) is 0 Å². The van der Waals surface area contributed by atoms with Gasteiger partial charge in [-0.05, 0) is 24.3 Å². The fraction of sp³-hybridized carbons (Fsp3) is 0.125. The van der Waals surface area contributed by atoms with Gasteiger partial charge in [-0.2, -0.15) is 5.26 Å². The zero-order valence-corrected chi connectivity index (χ0v) is 12.4. The van der Waals surface area contributed by atoms with E-state index in [0.29, 0.717) is 13.1 Å². The summed E-state index contributed by atoms with van der Waals surface area (Å²) in [5.41, 5.74) is -0.456. The molecule has 1 aromatic heterocycles. The predicted octanol–water partition coefficient (Wildman–Crippen LogP) is 1.15. The number of aromatic hydroxyl groups is 1. The lowest BCUT2D eigenvalue weighted by Gasteiger charge is -2.13.